The standard InChI is InChI=1S/C9H8FN3O4S/c10-6-3-5(1-2-7(6)18(11,15)16)8(14)9-12-4-13-17-9/h1-4,8,14H,(H2,11,15,16). The zero-order chi connectivity index (χ0) is 13.3. The molecule has 1 heterocycles. The number of benzene rings is 1. The number of aliphatic hydroxyl groups excluding tert-OH is 1. The predicted molar refractivity (Wildman–Crippen MR) is 56.1 cm³/mol. The summed E-state index contributed by atoms with van der Waals surface area (Å²) in [5.74, 6) is -1.19. The Kier molecular flexibility index (Phi) is 3.11. The molecule has 0 amide bonds. The number of hydrogen-bond acceptors (Lipinski definition) is 6. The highest BCUT2D eigenvalue weighted by Crippen LogP contribution is 2.23. The number of sulfonamides is 1. The Labute approximate surface area is 101 Å². The second kappa shape index (κ2) is 4.44. The van der Waals surface area contributed by atoms with E-state index in [1.807, 2.05) is 0 Å². The van der Waals surface area contributed by atoms with Gasteiger partial charge in [0.15, 0.2) is 12.4 Å². The minimum absolute atomic E-state index is 0.0733. The van der Waals surface area contributed by atoms with E-state index in [2.05, 4.69) is 14.7 Å². The Bertz CT molecular complexity index is 656. The van der Waals surface area contributed by atoms with Crippen molar-refractivity contribution in [3.05, 3.63) is 41.8 Å². The maximum Gasteiger partial charge on any atom is 0.259 e. The molecular weight excluding hydrogens is 265 g/mol. The molecule has 0 bridgehead atoms. The van der Waals surface area contributed by atoms with Gasteiger partial charge in [-0.1, -0.05) is 11.2 Å². The van der Waals surface area contributed by atoms with Gasteiger partial charge in [-0.25, -0.2) is 17.9 Å². The predicted octanol–water partition coefficient (Wildman–Crippen LogP) is -0.0622. The second-order valence-electron chi connectivity index (χ2n) is 3.42. The van der Waals surface area contributed by atoms with Crippen LogP contribution in [0.2, 0.25) is 0 Å². The third-order valence-corrected chi connectivity index (χ3v) is 3.13. The smallest absolute Gasteiger partial charge is 0.259 e. The van der Waals surface area contributed by atoms with Crippen LogP contribution in [0.4, 0.5) is 4.39 Å². The van der Waals surface area contributed by atoms with E-state index >= 15 is 0 Å². The lowest BCUT2D eigenvalue weighted by Crippen LogP contribution is -2.14. The lowest BCUT2D eigenvalue weighted by molar-refractivity contribution is 0.169. The monoisotopic (exact) mass is 273 g/mol. The lowest BCUT2D eigenvalue weighted by Gasteiger charge is -2.07. The van der Waals surface area contributed by atoms with Gasteiger partial charge in [0.2, 0.25) is 10.0 Å². The van der Waals surface area contributed by atoms with E-state index in [-0.39, 0.29) is 11.5 Å². The van der Waals surface area contributed by atoms with Crippen LogP contribution in [0.1, 0.15) is 17.6 Å². The molecule has 18 heavy (non-hydrogen) atoms. The molecule has 0 spiro atoms. The van der Waals surface area contributed by atoms with Crippen LogP contribution in [-0.2, 0) is 10.0 Å². The number of aromatic nitrogens is 2. The third-order valence-electron chi connectivity index (χ3n) is 2.19. The van der Waals surface area contributed by atoms with Gasteiger partial charge in [0.05, 0.1) is 0 Å². The average Bonchev–Trinajstić information content (AvgIpc) is 2.79. The van der Waals surface area contributed by atoms with E-state index in [0.717, 1.165) is 18.5 Å². The minimum atomic E-state index is -4.14. The van der Waals surface area contributed by atoms with E-state index in [0.29, 0.717) is 0 Å². The van der Waals surface area contributed by atoms with Gasteiger partial charge in [-0.3, -0.25) is 0 Å². The molecule has 0 fully saturated rings. The maximum atomic E-state index is 13.5. The van der Waals surface area contributed by atoms with Crippen molar-refractivity contribution in [1.82, 2.24) is 10.1 Å². The van der Waals surface area contributed by atoms with Crippen molar-refractivity contribution in [3.8, 4) is 0 Å². The van der Waals surface area contributed by atoms with Crippen LogP contribution < -0.4 is 5.14 Å². The fourth-order valence-corrected chi connectivity index (χ4v) is 1.95. The first-order valence-corrected chi connectivity index (χ1v) is 6.21. The summed E-state index contributed by atoms with van der Waals surface area (Å²) in [5.41, 5.74) is 0.0733. The summed E-state index contributed by atoms with van der Waals surface area (Å²) in [5, 5.41) is 17.9. The number of aliphatic hydroxyl groups is 1. The number of nitrogens with zero attached hydrogens (tertiary/aromatic N) is 2. The molecule has 3 N–H and O–H groups in total. The average molecular weight is 273 g/mol. The van der Waals surface area contributed by atoms with E-state index in [1.165, 1.54) is 6.07 Å². The molecule has 9 heteroatoms. The van der Waals surface area contributed by atoms with Gasteiger partial charge in [0.25, 0.3) is 5.89 Å². The van der Waals surface area contributed by atoms with Crippen molar-refractivity contribution < 1.29 is 22.4 Å². The number of hydrogen-bond donors (Lipinski definition) is 2. The summed E-state index contributed by atoms with van der Waals surface area (Å²) < 4.78 is 40.1. The second-order valence-corrected chi connectivity index (χ2v) is 4.95. The Morgan fingerprint density at radius 3 is 2.67 bits per heavy atom. The van der Waals surface area contributed by atoms with Crippen LogP contribution in [0.5, 0.6) is 0 Å². The molecule has 0 aliphatic rings. The Morgan fingerprint density at radius 2 is 2.17 bits per heavy atom. The molecule has 2 aromatic rings. The highest BCUT2D eigenvalue weighted by atomic mass is 32.2. The van der Waals surface area contributed by atoms with Crippen molar-refractivity contribution in [1.29, 1.82) is 0 Å². The first-order valence-electron chi connectivity index (χ1n) is 4.66. The highest BCUT2D eigenvalue weighted by Gasteiger charge is 2.20. The number of primary sulfonamides is 1. The molecule has 0 aliphatic carbocycles. The van der Waals surface area contributed by atoms with Crippen LogP contribution in [0.25, 0.3) is 0 Å². The molecule has 2 rings (SSSR count). The molecule has 1 unspecified atom stereocenters. The van der Waals surface area contributed by atoms with Crippen molar-refractivity contribution >= 4 is 10.0 Å². The molecule has 0 aliphatic heterocycles. The number of rotatable bonds is 3. The third kappa shape index (κ3) is 2.37. The number of halogens is 1. The Morgan fingerprint density at radius 1 is 1.44 bits per heavy atom. The fourth-order valence-electron chi connectivity index (χ4n) is 1.36. The lowest BCUT2D eigenvalue weighted by atomic mass is 10.1. The van der Waals surface area contributed by atoms with E-state index in [1.54, 1.807) is 0 Å². The summed E-state index contributed by atoms with van der Waals surface area (Å²) in [4.78, 5) is 2.95. The van der Waals surface area contributed by atoms with Crippen LogP contribution >= 0.6 is 0 Å². The van der Waals surface area contributed by atoms with E-state index in [4.69, 9.17) is 5.14 Å². The zero-order valence-electron chi connectivity index (χ0n) is 8.82. The SMILES string of the molecule is NS(=O)(=O)c1ccc(C(O)c2ncno2)cc1F. The Hall–Kier alpha value is -1.84. The van der Waals surface area contributed by atoms with Gasteiger partial charge in [-0.2, -0.15) is 4.98 Å². The molecule has 7 nitrogen and oxygen atoms in total. The van der Waals surface area contributed by atoms with Gasteiger partial charge in [-0.15, -0.1) is 0 Å². The fraction of sp³-hybridized carbons (Fsp3) is 0.111. The maximum absolute atomic E-state index is 13.5. The normalized spacial score (nSPS) is 13.5. The molecule has 0 saturated heterocycles. The summed E-state index contributed by atoms with van der Waals surface area (Å²) in [6.07, 6.45) is -0.260. The van der Waals surface area contributed by atoms with Crippen LogP contribution in [0, 0.1) is 5.82 Å². The largest absolute Gasteiger partial charge is 0.378 e. The summed E-state index contributed by atoms with van der Waals surface area (Å²) in [7, 11) is -4.14. The van der Waals surface area contributed by atoms with Crippen LogP contribution in [-0.4, -0.2) is 23.7 Å². The summed E-state index contributed by atoms with van der Waals surface area (Å²) in [6, 6.07) is 3.01. The van der Waals surface area contributed by atoms with Crippen LogP contribution in [0.3, 0.4) is 0 Å². The Balaban J connectivity index is 2.41. The van der Waals surface area contributed by atoms with Gasteiger partial charge in [0.1, 0.15) is 10.7 Å². The van der Waals surface area contributed by atoms with Gasteiger partial charge in [0, 0.05) is 0 Å². The van der Waals surface area contributed by atoms with Crippen molar-refractivity contribution in [3.63, 3.8) is 0 Å². The van der Waals surface area contributed by atoms with Gasteiger partial charge < -0.3 is 9.63 Å². The molecule has 1 aromatic heterocycles. The molecular formula is C9H8FN3O4S. The van der Waals surface area contributed by atoms with Gasteiger partial charge >= 0.3 is 0 Å². The highest BCUT2D eigenvalue weighted by molar-refractivity contribution is 7.89. The summed E-state index contributed by atoms with van der Waals surface area (Å²) >= 11 is 0. The first kappa shape index (κ1) is 12.6. The van der Waals surface area contributed by atoms with E-state index < -0.39 is 26.8 Å². The van der Waals surface area contributed by atoms with Gasteiger partial charge in [-0.05, 0) is 17.7 Å². The van der Waals surface area contributed by atoms with E-state index in [9.17, 15) is 17.9 Å². The molecule has 1 aromatic carbocycles. The quantitative estimate of drug-likeness (QED) is 0.808. The van der Waals surface area contributed by atoms with Crippen molar-refractivity contribution in [2.45, 2.75) is 11.0 Å². The zero-order valence-corrected chi connectivity index (χ0v) is 9.63. The minimum Gasteiger partial charge on any atom is -0.378 e. The molecule has 0 radical (unpaired) electrons. The first-order chi connectivity index (χ1) is 8.39. The van der Waals surface area contributed by atoms with Crippen molar-refractivity contribution in [2.75, 3.05) is 0 Å². The topological polar surface area (TPSA) is 119 Å². The van der Waals surface area contributed by atoms with Crippen LogP contribution in [0.15, 0.2) is 33.9 Å². The van der Waals surface area contributed by atoms with Crippen molar-refractivity contribution in [2.24, 2.45) is 5.14 Å². The molecule has 0 saturated carbocycles. The summed E-state index contributed by atoms with van der Waals surface area (Å²) in [6.45, 7) is 0. The molecule has 1 atom stereocenters. The molecule has 96 valence electrons. The number of nitrogens with two attached hydrogens (primary N) is 1.